The van der Waals surface area contributed by atoms with Crippen molar-refractivity contribution in [3.05, 3.63) is 52.5 Å². The van der Waals surface area contributed by atoms with E-state index in [4.69, 9.17) is 9.97 Å². The molecule has 0 N–H and O–H groups in total. The number of aromatic nitrogens is 2. The Hall–Kier alpha value is -2.36. The quantitative estimate of drug-likeness (QED) is 0.709. The van der Waals surface area contributed by atoms with E-state index in [1.165, 1.54) is 22.7 Å². The van der Waals surface area contributed by atoms with Gasteiger partial charge in [0.25, 0.3) is 10.2 Å². The number of aryl methyl sites for hydroxylation is 2. The number of hydrogen-bond acceptors (Lipinski definition) is 5. The molecule has 2 aromatic rings. The van der Waals surface area contributed by atoms with Crippen LogP contribution in [0.1, 0.15) is 53.5 Å². The first kappa shape index (κ1) is 21.9. The van der Waals surface area contributed by atoms with Gasteiger partial charge in [0.15, 0.2) is 0 Å². The van der Waals surface area contributed by atoms with Gasteiger partial charge in [0.2, 0.25) is 5.91 Å². The zero-order chi connectivity index (χ0) is 22.3. The minimum Gasteiger partial charge on any atom is -0.292 e. The second-order valence-electron chi connectivity index (χ2n) is 8.49. The van der Waals surface area contributed by atoms with Gasteiger partial charge in [-0.15, -0.1) is 0 Å². The molecular weight excluding hydrogens is 414 g/mol. The maximum atomic E-state index is 12.8. The predicted molar refractivity (Wildman–Crippen MR) is 119 cm³/mol. The lowest BCUT2D eigenvalue weighted by molar-refractivity contribution is -0.119. The molecule has 1 fully saturated rings. The lowest BCUT2D eigenvalue weighted by Crippen LogP contribution is -2.40. The molecule has 2 aliphatic heterocycles. The summed E-state index contributed by atoms with van der Waals surface area (Å²) >= 11 is 0. The number of rotatable bonds is 5. The van der Waals surface area contributed by atoms with Crippen molar-refractivity contribution in [2.75, 3.05) is 25.5 Å². The van der Waals surface area contributed by atoms with Gasteiger partial charge in [0.1, 0.15) is 11.6 Å². The highest BCUT2D eigenvalue weighted by molar-refractivity contribution is 7.86. The zero-order valence-corrected chi connectivity index (χ0v) is 19.3. The smallest absolute Gasteiger partial charge is 0.282 e. The summed E-state index contributed by atoms with van der Waals surface area (Å²) in [7, 11) is -0.512. The van der Waals surface area contributed by atoms with E-state index in [0.29, 0.717) is 44.0 Å². The van der Waals surface area contributed by atoms with Crippen LogP contribution in [0.4, 0.5) is 5.82 Å². The number of carbonyl (C=O) groups is 1. The van der Waals surface area contributed by atoms with Gasteiger partial charge in [-0.3, -0.25) is 9.69 Å². The van der Waals surface area contributed by atoms with E-state index >= 15 is 0 Å². The first-order chi connectivity index (χ1) is 14.7. The summed E-state index contributed by atoms with van der Waals surface area (Å²) in [5.74, 6) is 1.12. The molecule has 0 saturated carbocycles. The van der Waals surface area contributed by atoms with Crippen molar-refractivity contribution in [1.29, 1.82) is 0 Å². The molecule has 1 saturated heterocycles. The van der Waals surface area contributed by atoms with Crippen molar-refractivity contribution in [2.24, 2.45) is 0 Å². The summed E-state index contributed by atoms with van der Waals surface area (Å²) in [6.45, 7) is 4.83. The van der Waals surface area contributed by atoms with Crippen LogP contribution in [0.5, 0.6) is 0 Å². The van der Waals surface area contributed by atoms with Gasteiger partial charge in [0.05, 0.1) is 12.6 Å². The van der Waals surface area contributed by atoms with E-state index < -0.39 is 16.3 Å². The standard InChI is InChI=1S/C22H29N5O3S/c1-15-7-9-17(10-8-15)14-26-20(28)12-11-18-16(2)23-21(24-22(18)26)19-6-5-13-27(19)31(29,30)25(3)4/h7-10,19H,5-6,11-14H2,1-4H3/t19-/m0/s1. The third-order valence-corrected chi connectivity index (χ3v) is 8.03. The molecule has 1 amide bonds. The fraction of sp³-hybridized carbons (Fsp3) is 0.500. The van der Waals surface area contributed by atoms with E-state index in [2.05, 4.69) is 0 Å². The molecule has 1 aromatic carbocycles. The van der Waals surface area contributed by atoms with E-state index in [0.717, 1.165) is 28.8 Å². The molecule has 9 heteroatoms. The van der Waals surface area contributed by atoms with Crippen molar-refractivity contribution in [2.45, 2.75) is 52.1 Å². The van der Waals surface area contributed by atoms with Crippen molar-refractivity contribution in [3.8, 4) is 0 Å². The van der Waals surface area contributed by atoms with Gasteiger partial charge in [-0.2, -0.15) is 17.0 Å². The van der Waals surface area contributed by atoms with Gasteiger partial charge in [-0.25, -0.2) is 9.97 Å². The zero-order valence-electron chi connectivity index (χ0n) is 18.5. The molecule has 0 unspecified atom stereocenters. The second kappa shape index (κ2) is 8.29. The van der Waals surface area contributed by atoms with Crippen LogP contribution >= 0.6 is 0 Å². The molecule has 1 aromatic heterocycles. The average Bonchev–Trinajstić information content (AvgIpc) is 3.22. The molecule has 2 aliphatic rings. The third-order valence-electron chi connectivity index (χ3n) is 6.08. The summed E-state index contributed by atoms with van der Waals surface area (Å²) in [6, 6.07) is 7.69. The van der Waals surface area contributed by atoms with Gasteiger partial charge >= 0.3 is 0 Å². The Morgan fingerprint density at radius 1 is 1.10 bits per heavy atom. The second-order valence-corrected chi connectivity index (χ2v) is 10.6. The predicted octanol–water partition coefficient (Wildman–Crippen LogP) is 2.52. The fourth-order valence-corrected chi connectivity index (χ4v) is 5.58. The van der Waals surface area contributed by atoms with Crippen LogP contribution < -0.4 is 4.90 Å². The maximum absolute atomic E-state index is 12.8. The number of fused-ring (bicyclic) bond motifs is 1. The monoisotopic (exact) mass is 443 g/mol. The van der Waals surface area contributed by atoms with E-state index in [1.54, 1.807) is 4.90 Å². The van der Waals surface area contributed by atoms with Crippen molar-refractivity contribution >= 4 is 21.9 Å². The molecule has 3 heterocycles. The highest BCUT2D eigenvalue weighted by Crippen LogP contribution is 2.36. The number of carbonyl (C=O) groups excluding carboxylic acids is 1. The molecule has 4 rings (SSSR count). The van der Waals surface area contributed by atoms with Crippen molar-refractivity contribution < 1.29 is 13.2 Å². The molecule has 8 nitrogen and oxygen atoms in total. The van der Waals surface area contributed by atoms with E-state index in [-0.39, 0.29) is 5.91 Å². The summed E-state index contributed by atoms with van der Waals surface area (Å²) in [4.78, 5) is 24.1. The number of hydrogen-bond donors (Lipinski definition) is 0. The van der Waals surface area contributed by atoms with Gasteiger partial charge in [-0.1, -0.05) is 29.8 Å². The van der Waals surface area contributed by atoms with Crippen LogP contribution in [0.15, 0.2) is 24.3 Å². The molecule has 0 spiro atoms. The van der Waals surface area contributed by atoms with Crippen LogP contribution in [-0.4, -0.2) is 53.5 Å². The van der Waals surface area contributed by atoms with Crippen LogP contribution in [0.25, 0.3) is 0 Å². The Morgan fingerprint density at radius 3 is 2.48 bits per heavy atom. The Bertz CT molecular complexity index is 1100. The van der Waals surface area contributed by atoms with Crippen LogP contribution in [0, 0.1) is 13.8 Å². The van der Waals surface area contributed by atoms with Gasteiger partial charge in [0, 0.05) is 38.3 Å². The summed E-state index contributed by atoms with van der Waals surface area (Å²) in [5, 5.41) is 0. The minimum absolute atomic E-state index is 0.0290. The molecule has 166 valence electrons. The topological polar surface area (TPSA) is 86.7 Å². The van der Waals surface area contributed by atoms with Crippen LogP contribution in [0.2, 0.25) is 0 Å². The molecule has 0 radical (unpaired) electrons. The third kappa shape index (κ3) is 4.09. The maximum Gasteiger partial charge on any atom is 0.282 e. The minimum atomic E-state index is -3.58. The Balaban J connectivity index is 1.73. The average molecular weight is 444 g/mol. The molecule has 0 aliphatic carbocycles. The van der Waals surface area contributed by atoms with Crippen molar-refractivity contribution in [3.63, 3.8) is 0 Å². The molecule has 31 heavy (non-hydrogen) atoms. The summed E-state index contributed by atoms with van der Waals surface area (Å²) in [5.41, 5.74) is 3.98. The summed E-state index contributed by atoms with van der Waals surface area (Å²) in [6.07, 6.45) is 2.45. The van der Waals surface area contributed by atoms with Gasteiger partial charge < -0.3 is 0 Å². The SMILES string of the molecule is Cc1ccc(CN2C(=O)CCc3c(C)nc([C@@H]4CCCN4S(=O)(=O)N(C)C)nc32)cc1. The van der Waals surface area contributed by atoms with Crippen molar-refractivity contribution in [1.82, 2.24) is 18.6 Å². The Morgan fingerprint density at radius 2 is 1.81 bits per heavy atom. The first-order valence-corrected chi connectivity index (χ1v) is 12.0. The highest BCUT2D eigenvalue weighted by Gasteiger charge is 2.39. The lowest BCUT2D eigenvalue weighted by atomic mass is 10.0. The molecule has 1 atom stereocenters. The molecule has 0 bridgehead atoms. The first-order valence-electron chi connectivity index (χ1n) is 10.6. The highest BCUT2D eigenvalue weighted by atomic mass is 32.2. The largest absolute Gasteiger partial charge is 0.292 e. The lowest BCUT2D eigenvalue weighted by Gasteiger charge is -2.31. The Labute approximate surface area is 184 Å². The van der Waals surface area contributed by atoms with Crippen LogP contribution in [-0.2, 0) is 28.0 Å². The summed E-state index contributed by atoms with van der Waals surface area (Å²) < 4.78 is 28.3. The number of amides is 1. The molecular formula is C22H29N5O3S. The number of nitrogens with zero attached hydrogens (tertiary/aromatic N) is 5. The van der Waals surface area contributed by atoms with E-state index in [1.807, 2.05) is 38.1 Å². The Kier molecular flexibility index (Phi) is 5.85. The normalized spacial score (nSPS) is 19.8. The van der Waals surface area contributed by atoms with E-state index in [9.17, 15) is 13.2 Å². The van der Waals surface area contributed by atoms with Gasteiger partial charge in [-0.05, 0) is 38.7 Å². The van der Waals surface area contributed by atoms with Crippen LogP contribution in [0.3, 0.4) is 0 Å². The fourth-order valence-electron chi connectivity index (χ4n) is 4.28. The number of anilines is 1. The number of benzene rings is 1.